The van der Waals surface area contributed by atoms with Crippen LogP contribution in [0.4, 0.5) is 4.39 Å². The Morgan fingerprint density at radius 1 is 0.808 bits per heavy atom. The van der Waals surface area contributed by atoms with E-state index >= 15 is 0 Å². The molecule has 26 heavy (non-hydrogen) atoms. The molecule has 0 amide bonds. The fraction of sp³-hybridized carbons (Fsp3) is 0.0476. The first-order chi connectivity index (χ1) is 12.4. The molecular weight excluding hydrogens is 351 g/mol. The highest BCUT2D eigenvalue weighted by Crippen LogP contribution is 2.40. The summed E-state index contributed by atoms with van der Waals surface area (Å²) in [6.07, 6.45) is 1.17. The van der Waals surface area contributed by atoms with Crippen LogP contribution in [-0.4, -0.2) is 14.7 Å². The lowest BCUT2D eigenvalue weighted by Crippen LogP contribution is -1.96. The number of benzene rings is 3. The van der Waals surface area contributed by atoms with E-state index in [4.69, 9.17) is 4.42 Å². The normalized spacial score (nSPS) is 11.8. The number of furan rings is 1. The number of hydrogen-bond acceptors (Lipinski definition) is 3. The Labute approximate surface area is 150 Å². The molecule has 0 N–H and O–H groups in total. The van der Waals surface area contributed by atoms with Gasteiger partial charge in [0.1, 0.15) is 17.2 Å². The van der Waals surface area contributed by atoms with Gasteiger partial charge < -0.3 is 4.42 Å². The van der Waals surface area contributed by atoms with Gasteiger partial charge in [-0.15, -0.1) is 0 Å². The maximum atomic E-state index is 13.3. The predicted molar refractivity (Wildman–Crippen MR) is 100 cm³/mol. The molecule has 1 aromatic heterocycles. The first-order valence-corrected chi connectivity index (χ1v) is 9.90. The summed E-state index contributed by atoms with van der Waals surface area (Å²) in [7, 11) is -3.27. The van der Waals surface area contributed by atoms with Gasteiger partial charge in [-0.25, -0.2) is 12.8 Å². The Kier molecular flexibility index (Phi) is 3.89. The number of hydrogen-bond donors (Lipinski definition) is 0. The molecule has 0 aliphatic rings. The zero-order valence-electron chi connectivity index (χ0n) is 13.9. The highest BCUT2D eigenvalue weighted by Gasteiger charge is 2.18. The summed E-state index contributed by atoms with van der Waals surface area (Å²) < 4.78 is 42.8. The summed E-state index contributed by atoms with van der Waals surface area (Å²) in [6, 6.07) is 20.4. The molecule has 130 valence electrons. The molecule has 0 radical (unpaired) electrons. The van der Waals surface area contributed by atoms with Gasteiger partial charge in [0.25, 0.3) is 0 Å². The van der Waals surface area contributed by atoms with Crippen molar-refractivity contribution < 1.29 is 17.2 Å². The van der Waals surface area contributed by atoms with Crippen LogP contribution < -0.4 is 0 Å². The topological polar surface area (TPSA) is 47.3 Å². The molecule has 0 aliphatic heterocycles. The lowest BCUT2D eigenvalue weighted by molar-refractivity contribution is 0.601. The summed E-state index contributed by atoms with van der Waals surface area (Å²) in [6.45, 7) is 0. The molecule has 0 atom stereocenters. The summed E-state index contributed by atoms with van der Waals surface area (Å²) in [4.78, 5) is 0.251. The number of halogens is 1. The van der Waals surface area contributed by atoms with E-state index in [1.807, 2.05) is 24.3 Å². The van der Waals surface area contributed by atoms with E-state index in [2.05, 4.69) is 0 Å². The molecule has 4 aromatic rings. The third-order valence-corrected chi connectivity index (χ3v) is 5.40. The van der Waals surface area contributed by atoms with Crippen LogP contribution in [0.3, 0.4) is 0 Å². The number of rotatable bonds is 3. The second-order valence-electron chi connectivity index (χ2n) is 6.11. The van der Waals surface area contributed by atoms with E-state index in [9.17, 15) is 12.8 Å². The van der Waals surface area contributed by atoms with Gasteiger partial charge in [0.05, 0.1) is 4.90 Å². The third kappa shape index (κ3) is 2.91. The first-order valence-electron chi connectivity index (χ1n) is 8.01. The van der Waals surface area contributed by atoms with Crippen LogP contribution in [0.5, 0.6) is 0 Å². The number of sulfone groups is 1. The van der Waals surface area contributed by atoms with Crippen molar-refractivity contribution >= 4 is 20.8 Å². The molecular formula is C21H15FO3S. The summed E-state index contributed by atoms with van der Waals surface area (Å²) in [5.41, 5.74) is 3.16. The van der Waals surface area contributed by atoms with Gasteiger partial charge in [0.15, 0.2) is 9.84 Å². The van der Waals surface area contributed by atoms with Crippen LogP contribution in [0.15, 0.2) is 82.1 Å². The van der Waals surface area contributed by atoms with E-state index in [-0.39, 0.29) is 10.7 Å². The number of fused-ring (bicyclic) bond motifs is 1. The van der Waals surface area contributed by atoms with E-state index < -0.39 is 9.84 Å². The second-order valence-corrected chi connectivity index (χ2v) is 8.12. The molecule has 3 nitrogen and oxygen atoms in total. The molecule has 0 spiro atoms. The molecule has 0 unspecified atom stereocenters. The van der Waals surface area contributed by atoms with Crippen molar-refractivity contribution in [3.05, 3.63) is 78.6 Å². The van der Waals surface area contributed by atoms with Crippen molar-refractivity contribution in [2.75, 3.05) is 6.26 Å². The Balaban J connectivity index is 1.95. The van der Waals surface area contributed by atoms with Gasteiger partial charge in [-0.2, -0.15) is 0 Å². The summed E-state index contributed by atoms with van der Waals surface area (Å²) >= 11 is 0. The molecule has 5 heteroatoms. The van der Waals surface area contributed by atoms with Crippen molar-refractivity contribution in [2.45, 2.75) is 4.90 Å². The van der Waals surface area contributed by atoms with E-state index in [1.165, 1.54) is 18.4 Å². The smallest absolute Gasteiger partial charge is 0.175 e. The van der Waals surface area contributed by atoms with Crippen LogP contribution in [0.25, 0.3) is 33.4 Å². The van der Waals surface area contributed by atoms with Crippen LogP contribution in [-0.2, 0) is 9.84 Å². The fourth-order valence-corrected chi connectivity index (χ4v) is 3.64. The highest BCUT2D eigenvalue weighted by atomic mass is 32.2. The average Bonchev–Trinajstić information content (AvgIpc) is 3.01. The monoisotopic (exact) mass is 366 g/mol. The Morgan fingerprint density at radius 2 is 1.42 bits per heavy atom. The summed E-state index contributed by atoms with van der Waals surface area (Å²) in [5.74, 6) is 0.318. The maximum absolute atomic E-state index is 13.3. The van der Waals surface area contributed by atoms with Crippen LogP contribution in [0, 0.1) is 5.82 Å². The van der Waals surface area contributed by atoms with Crippen LogP contribution >= 0.6 is 0 Å². The van der Waals surface area contributed by atoms with Crippen molar-refractivity contribution in [2.24, 2.45) is 0 Å². The third-order valence-electron chi connectivity index (χ3n) is 4.27. The molecule has 0 bridgehead atoms. The lowest BCUT2D eigenvalue weighted by Gasteiger charge is -2.05. The van der Waals surface area contributed by atoms with Gasteiger partial charge in [0, 0.05) is 22.8 Å². The minimum Gasteiger partial charge on any atom is -0.455 e. The fourth-order valence-electron chi connectivity index (χ4n) is 3.01. The van der Waals surface area contributed by atoms with Gasteiger partial charge in [0.2, 0.25) is 0 Å². The minimum absolute atomic E-state index is 0.251. The molecule has 3 aromatic carbocycles. The highest BCUT2D eigenvalue weighted by molar-refractivity contribution is 7.90. The van der Waals surface area contributed by atoms with Gasteiger partial charge in [-0.1, -0.05) is 30.3 Å². The lowest BCUT2D eigenvalue weighted by atomic mass is 9.98. The second kappa shape index (κ2) is 6.11. The van der Waals surface area contributed by atoms with Crippen LogP contribution in [0.2, 0.25) is 0 Å². The molecule has 0 saturated heterocycles. The minimum atomic E-state index is -3.27. The Morgan fingerprint density at radius 3 is 2.08 bits per heavy atom. The zero-order chi connectivity index (χ0) is 18.3. The van der Waals surface area contributed by atoms with Gasteiger partial charge in [-0.3, -0.25) is 0 Å². The van der Waals surface area contributed by atoms with E-state index in [0.717, 1.165) is 22.1 Å². The SMILES string of the molecule is CS(=O)(=O)c1ccc(-c2oc3ccccc3c2-c2ccc(F)cc2)cc1. The molecule has 4 rings (SSSR count). The first kappa shape index (κ1) is 16.5. The maximum Gasteiger partial charge on any atom is 0.175 e. The summed E-state index contributed by atoms with van der Waals surface area (Å²) in [5, 5.41) is 0.918. The van der Waals surface area contributed by atoms with Gasteiger partial charge in [-0.05, 0) is 48.0 Å². The van der Waals surface area contributed by atoms with Crippen LogP contribution in [0.1, 0.15) is 0 Å². The molecule has 0 aliphatic carbocycles. The average molecular weight is 366 g/mol. The van der Waals surface area contributed by atoms with Crippen molar-refractivity contribution in [3.8, 4) is 22.5 Å². The standard InChI is InChI=1S/C21H15FO3S/c1-26(23,24)17-12-8-15(9-13-17)21-20(14-6-10-16(22)11-7-14)18-4-2-3-5-19(18)25-21/h2-13H,1H3. The zero-order valence-corrected chi connectivity index (χ0v) is 14.8. The molecule has 0 saturated carbocycles. The largest absolute Gasteiger partial charge is 0.455 e. The van der Waals surface area contributed by atoms with Gasteiger partial charge >= 0.3 is 0 Å². The van der Waals surface area contributed by atoms with Crippen molar-refractivity contribution in [3.63, 3.8) is 0 Å². The van der Waals surface area contributed by atoms with E-state index in [0.29, 0.717) is 11.3 Å². The Bertz CT molecular complexity index is 1190. The predicted octanol–water partition coefficient (Wildman–Crippen LogP) is 5.31. The molecule has 1 heterocycles. The van der Waals surface area contributed by atoms with Crippen molar-refractivity contribution in [1.82, 2.24) is 0 Å². The van der Waals surface area contributed by atoms with Crippen molar-refractivity contribution in [1.29, 1.82) is 0 Å². The quantitative estimate of drug-likeness (QED) is 0.494. The number of para-hydroxylation sites is 1. The van der Waals surface area contributed by atoms with E-state index in [1.54, 1.807) is 36.4 Å². The molecule has 0 fully saturated rings. The Hall–Kier alpha value is -2.92.